The van der Waals surface area contributed by atoms with Gasteiger partial charge in [-0.25, -0.2) is 9.97 Å². The molecule has 0 fully saturated rings. The molecule has 15 rings (SSSR count). The van der Waals surface area contributed by atoms with Gasteiger partial charge >= 0.3 is 0 Å². The van der Waals surface area contributed by atoms with Crippen LogP contribution in [0.25, 0.3) is 130 Å². The molecule has 62 heavy (non-hydrogen) atoms. The minimum Gasteiger partial charge on any atom is -0.308 e. The number of hydrogen-bond acceptors (Lipinski definition) is 3. The third kappa shape index (κ3) is 3.98. The average Bonchev–Trinajstić information content (AvgIpc) is 4.01. The van der Waals surface area contributed by atoms with E-state index in [0.29, 0.717) is 5.95 Å². The monoisotopic (exact) mass is 806 g/mol. The molecule has 288 valence electrons. The normalized spacial score (nSPS) is 13.8. The molecule has 0 saturated carbocycles. The second-order valence-electron chi connectivity index (χ2n) is 17.7. The smallest absolute Gasteiger partial charge is 0.235 e. The van der Waals surface area contributed by atoms with E-state index in [-0.39, 0.29) is 5.41 Å². The number of hydrogen-bond donors (Lipinski definition) is 0. The predicted molar refractivity (Wildman–Crippen MR) is 262 cm³/mol. The lowest BCUT2D eigenvalue weighted by Crippen LogP contribution is -2.15. The number of fused-ring (bicyclic) bond motifs is 15. The van der Waals surface area contributed by atoms with Gasteiger partial charge in [-0.05, 0) is 75.5 Å². The number of benzene rings is 9. The lowest BCUT2D eigenvalue weighted by Gasteiger charge is -2.22. The molecule has 1 aliphatic rings. The van der Waals surface area contributed by atoms with Gasteiger partial charge in [0.1, 0.15) is 0 Å². The zero-order valence-electron chi connectivity index (χ0n) is 33.9. The molecule has 0 N–H and O–H groups in total. The van der Waals surface area contributed by atoms with Crippen LogP contribution in [-0.2, 0) is 5.41 Å². The first-order valence-electron chi connectivity index (χ1n) is 21.4. The van der Waals surface area contributed by atoms with E-state index in [1.54, 1.807) is 0 Å². The Labute approximate surface area is 358 Å². The van der Waals surface area contributed by atoms with Crippen LogP contribution in [0.5, 0.6) is 0 Å². The number of aromatic nitrogens is 4. The Morgan fingerprint density at radius 2 is 1.18 bits per heavy atom. The van der Waals surface area contributed by atoms with Crippen LogP contribution in [0.3, 0.4) is 0 Å². The summed E-state index contributed by atoms with van der Waals surface area (Å²) in [5, 5.41) is 13.3. The standard InChI is InChI=1S/C57H34N4S/c1-57(2)43-20-8-5-15-34(43)35-27-26-32(29-44(35)57)51-40-28-25-31-13-3-4-14-33(31)52(40)59-56(58-51)61-47-23-12-22-46-50(47)49-41(30-42-37-17-7-10-24-48(37)62-55(42)54(49)61)39-19-11-18-38-36-16-6-9-21-45(36)60(46)53(38)39/h3-30H,1-2H3. The number of rotatable bonds is 2. The highest BCUT2D eigenvalue weighted by Crippen LogP contribution is 2.52. The Morgan fingerprint density at radius 3 is 2.10 bits per heavy atom. The lowest BCUT2D eigenvalue weighted by atomic mass is 9.82. The van der Waals surface area contributed by atoms with E-state index < -0.39 is 0 Å². The van der Waals surface area contributed by atoms with Crippen LogP contribution in [0.2, 0.25) is 0 Å². The fourth-order valence-electron chi connectivity index (χ4n) is 11.5. The third-order valence-electron chi connectivity index (χ3n) is 14.2. The fraction of sp³-hybridized carbons (Fsp3) is 0.0526. The molecule has 5 heterocycles. The van der Waals surface area contributed by atoms with Gasteiger partial charge in [0.2, 0.25) is 5.95 Å². The van der Waals surface area contributed by atoms with Gasteiger partial charge in [0.15, 0.2) is 0 Å². The van der Waals surface area contributed by atoms with Crippen LogP contribution in [0, 0.1) is 0 Å². The van der Waals surface area contributed by atoms with Crippen LogP contribution >= 0.6 is 11.3 Å². The molecule has 14 aromatic rings. The van der Waals surface area contributed by atoms with Crippen LogP contribution in [0.4, 0.5) is 0 Å². The average molecular weight is 807 g/mol. The molecule has 0 amide bonds. The molecular weight excluding hydrogens is 773 g/mol. The first-order chi connectivity index (χ1) is 30.5. The quantitative estimate of drug-likeness (QED) is 0.163. The van der Waals surface area contributed by atoms with Gasteiger partial charge in [0, 0.05) is 64.2 Å². The molecule has 0 unspecified atom stereocenters. The van der Waals surface area contributed by atoms with E-state index in [1.807, 2.05) is 11.3 Å². The van der Waals surface area contributed by atoms with Crippen molar-refractivity contribution in [3.05, 3.63) is 181 Å². The number of para-hydroxylation sites is 2. The van der Waals surface area contributed by atoms with Crippen molar-refractivity contribution in [2.75, 3.05) is 0 Å². The second kappa shape index (κ2) is 11.4. The minimum absolute atomic E-state index is 0.148. The number of thiophene rings is 1. The lowest BCUT2D eigenvalue weighted by molar-refractivity contribution is 0.660. The van der Waals surface area contributed by atoms with Gasteiger partial charge in [-0.2, -0.15) is 0 Å². The molecule has 0 atom stereocenters. The molecule has 5 heteroatoms. The summed E-state index contributed by atoms with van der Waals surface area (Å²) >= 11 is 1.87. The first kappa shape index (κ1) is 33.2. The second-order valence-corrected chi connectivity index (χ2v) is 18.7. The highest BCUT2D eigenvalue weighted by Gasteiger charge is 2.36. The van der Waals surface area contributed by atoms with Crippen molar-refractivity contribution in [1.29, 1.82) is 0 Å². The molecule has 9 aromatic carbocycles. The van der Waals surface area contributed by atoms with Crippen LogP contribution in [-0.4, -0.2) is 18.9 Å². The minimum atomic E-state index is -0.148. The topological polar surface area (TPSA) is 35.1 Å². The Hall–Kier alpha value is -7.60. The third-order valence-corrected chi connectivity index (χ3v) is 15.4. The summed E-state index contributed by atoms with van der Waals surface area (Å²) in [5.41, 5.74) is 14.0. The summed E-state index contributed by atoms with van der Waals surface area (Å²) in [5.74, 6) is 0.677. The summed E-state index contributed by atoms with van der Waals surface area (Å²) in [4.78, 5) is 11.5. The van der Waals surface area contributed by atoms with Gasteiger partial charge < -0.3 is 4.40 Å². The van der Waals surface area contributed by atoms with E-state index >= 15 is 0 Å². The summed E-state index contributed by atoms with van der Waals surface area (Å²) < 4.78 is 7.44. The van der Waals surface area contributed by atoms with E-state index in [2.05, 4.69) is 193 Å². The predicted octanol–water partition coefficient (Wildman–Crippen LogP) is 15.4. The summed E-state index contributed by atoms with van der Waals surface area (Å²) in [6.07, 6.45) is 0. The van der Waals surface area contributed by atoms with Crippen molar-refractivity contribution in [3.8, 4) is 28.3 Å². The summed E-state index contributed by atoms with van der Waals surface area (Å²) in [6.45, 7) is 4.71. The van der Waals surface area contributed by atoms with Gasteiger partial charge in [0.25, 0.3) is 0 Å². The molecule has 4 nitrogen and oxygen atoms in total. The van der Waals surface area contributed by atoms with E-state index in [0.717, 1.165) is 44.0 Å². The Morgan fingerprint density at radius 1 is 0.468 bits per heavy atom. The van der Waals surface area contributed by atoms with E-state index in [4.69, 9.17) is 9.97 Å². The molecule has 0 radical (unpaired) electrons. The zero-order valence-corrected chi connectivity index (χ0v) is 34.7. The van der Waals surface area contributed by atoms with Crippen molar-refractivity contribution in [2.24, 2.45) is 0 Å². The Bertz CT molecular complexity index is 4310. The Balaban J connectivity index is 1.15. The van der Waals surface area contributed by atoms with Crippen molar-refractivity contribution >= 4 is 113 Å². The molecule has 0 spiro atoms. The number of nitrogens with zero attached hydrogens (tertiary/aromatic N) is 4. The molecule has 0 bridgehead atoms. The van der Waals surface area contributed by atoms with Crippen molar-refractivity contribution in [3.63, 3.8) is 0 Å². The summed E-state index contributed by atoms with van der Waals surface area (Å²) in [6, 6.07) is 62.9. The SMILES string of the molecule is CC1(C)c2ccccc2-c2ccc(-c3nc(-n4c5cccc6c5c5c(cc7c8ccccc8sc7c54)c4cccc5c7ccccc7n6c45)nc4c3ccc3ccccc34)cc21. The van der Waals surface area contributed by atoms with Crippen molar-refractivity contribution in [1.82, 2.24) is 18.9 Å². The maximum absolute atomic E-state index is 5.78. The fourth-order valence-corrected chi connectivity index (χ4v) is 12.7. The maximum Gasteiger partial charge on any atom is 0.235 e. The maximum atomic E-state index is 5.78. The molecule has 5 aromatic heterocycles. The molecule has 0 saturated heterocycles. The first-order valence-corrected chi connectivity index (χ1v) is 22.2. The van der Waals surface area contributed by atoms with Crippen LogP contribution in [0.15, 0.2) is 170 Å². The summed E-state index contributed by atoms with van der Waals surface area (Å²) in [7, 11) is 0. The Kier molecular flexibility index (Phi) is 6.10. The molecule has 1 aliphatic carbocycles. The highest BCUT2D eigenvalue weighted by atomic mass is 32.1. The van der Waals surface area contributed by atoms with Crippen molar-refractivity contribution in [2.45, 2.75) is 19.3 Å². The highest BCUT2D eigenvalue weighted by molar-refractivity contribution is 7.26. The van der Waals surface area contributed by atoms with E-state index in [9.17, 15) is 0 Å². The van der Waals surface area contributed by atoms with Gasteiger partial charge in [0.05, 0.1) is 43.5 Å². The van der Waals surface area contributed by atoms with Gasteiger partial charge in [-0.15, -0.1) is 11.3 Å². The van der Waals surface area contributed by atoms with Crippen LogP contribution in [0.1, 0.15) is 25.0 Å². The van der Waals surface area contributed by atoms with Gasteiger partial charge in [-0.1, -0.05) is 141 Å². The zero-order chi connectivity index (χ0) is 40.6. The van der Waals surface area contributed by atoms with Crippen molar-refractivity contribution < 1.29 is 0 Å². The largest absolute Gasteiger partial charge is 0.308 e. The van der Waals surface area contributed by atoms with E-state index in [1.165, 1.54) is 91.3 Å². The molecular formula is C57H34N4S. The van der Waals surface area contributed by atoms with Crippen LogP contribution < -0.4 is 0 Å². The van der Waals surface area contributed by atoms with Gasteiger partial charge in [-0.3, -0.25) is 4.57 Å². The molecule has 0 aliphatic heterocycles.